The van der Waals surface area contributed by atoms with Gasteiger partial charge >= 0.3 is 0 Å². The smallest absolute Gasteiger partial charge is 0.262 e. The zero-order chi connectivity index (χ0) is 20.4. The number of hydrogen-bond acceptors (Lipinski definition) is 5. The maximum atomic E-state index is 13.2. The van der Waals surface area contributed by atoms with Crippen LogP contribution in [0.4, 0.5) is 0 Å². The molecule has 3 aromatic rings. The molecule has 1 N–H and O–H groups in total. The first kappa shape index (κ1) is 19.4. The number of nitrogens with zero attached hydrogens (tertiary/aromatic N) is 3. The predicted molar refractivity (Wildman–Crippen MR) is 115 cm³/mol. The van der Waals surface area contributed by atoms with Crippen LogP contribution in [0, 0.1) is 19.3 Å². The van der Waals surface area contributed by atoms with E-state index in [0.717, 1.165) is 25.5 Å². The van der Waals surface area contributed by atoms with Crippen LogP contribution >= 0.6 is 11.3 Å². The van der Waals surface area contributed by atoms with Crippen molar-refractivity contribution in [3.05, 3.63) is 62.5 Å². The van der Waals surface area contributed by atoms with E-state index >= 15 is 0 Å². The highest BCUT2D eigenvalue weighted by atomic mass is 32.1. The van der Waals surface area contributed by atoms with Crippen LogP contribution < -0.4 is 10.9 Å². The topological polar surface area (TPSA) is 67.2 Å². The van der Waals surface area contributed by atoms with E-state index in [1.54, 1.807) is 11.5 Å². The van der Waals surface area contributed by atoms with E-state index in [1.807, 2.05) is 18.2 Å². The summed E-state index contributed by atoms with van der Waals surface area (Å²) in [5.41, 5.74) is 1.88. The molecule has 0 radical (unpaired) electrons. The number of carbonyl (C=O) groups excluding carboxylic acids is 1. The maximum Gasteiger partial charge on any atom is 0.262 e. The lowest BCUT2D eigenvalue weighted by atomic mass is 10.2. The third-order valence-electron chi connectivity index (χ3n) is 5.23. The van der Waals surface area contributed by atoms with Crippen molar-refractivity contribution in [3.63, 3.8) is 0 Å². The van der Waals surface area contributed by atoms with Gasteiger partial charge in [0.1, 0.15) is 10.7 Å². The van der Waals surface area contributed by atoms with Crippen molar-refractivity contribution in [2.24, 2.45) is 0 Å². The molecule has 29 heavy (non-hydrogen) atoms. The number of amides is 1. The van der Waals surface area contributed by atoms with Crippen molar-refractivity contribution in [3.8, 4) is 12.3 Å². The lowest BCUT2D eigenvalue weighted by Crippen LogP contribution is -2.28. The van der Waals surface area contributed by atoms with Crippen LogP contribution in [0.2, 0.25) is 0 Å². The van der Waals surface area contributed by atoms with Crippen molar-refractivity contribution in [1.82, 2.24) is 19.8 Å². The summed E-state index contributed by atoms with van der Waals surface area (Å²) >= 11 is 1.26. The number of thiophene rings is 1. The van der Waals surface area contributed by atoms with E-state index in [0.29, 0.717) is 33.6 Å². The Hall–Kier alpha value is -2.95. The van der Waals surface area contributed by atoms with Gasteiger partial charge in [-0.3, -0.25) is 19.1 Å². The Morgan fingerprint density at radius 3 is 2.83 bits per heavy atom. The summed E-state index contributed by atoms with van der Waals surface area (Å²) < 4.78 is 1.77. The Balaban J connectivity index is 1.63. The molecule has 0 saturated heterocycles. The molecule has 0 bridgehead atoms. The first-order valence-corrected chi connectivity index (χ1v) is 10.4. The Kier molecular flexibility index (Phi) is 5.47. The molecule has 1 aromatic carbocycles. The first-order chi connectivity index (χ1) is 14.1. The number of hydrogen-bond donors (Lipinski definition) is 1. The van der Waals surface area contributed by atoms with E-state index in [4.69, 9.17) is 11.4 Å². The van der Waals surface area contributed by atoms with Gasteiger partial charge in [0.15, 0.2) is 0 Å². The van der Waals surface area contributed by atoms with E-state index in [1.165, 1.54) is 16.9 Å². The van der Waals surface area contributed by atoms with Crippen LogP contribution in [-0.2, 0) is 19.5 Å². The van der Waals surface area contributed by atoms with E-state index < -0.39 is 0 Å². The largest absolute Gasteiger partial charge is 0.340 e. The fourth-order valence-corrected chi connectivity index (χ4v) is 4.83. The minimum absolute atomic E-state index is 0.0590. The predicted octanol–water partition coefficient (Wildman–Crippen LogP) is 2.19. The van der Waals surface area contributed by atoms with Crippen molar-refractivity contribution >= 4 is 27.5 Å². The average Bonchev–Trinajstić information content (AvgIpc) is 2.92. The lowest BCUT2D eigenvalue weighted by Gasteiger charge is -2.19. The van der Waals surface area contributed by atoms with Gasteiger partial charge in [-0.1, -0.05) is 36.3 Å². The second kappa shape index (κ2) is 8.19. The number of fused-ring (bicyclic) bond motifs is 2. The highest BCUT2D eigenvalue weighted by Gasteiger charge is 2.23. The van der Waals surface area contributed by atoms with Gasteiger partial charge in [-0.2, -0.15) is 0 Å². The molecule has 7 heteroatoms. The van der Waals surface area contributed by atoms with Crippen LogP contribution in [-0.4, -0.2) is 40.0 Å². The molecular formula is C22H22N4O2S. The quantitative estimate of drug-likeness (QED) is 0.675. The molecule has 1 aliphatic heterocycles. The van der Waals surface area contributed by atoms with Crippen LogP contribution in [0.3, 0.4) is 0 Å². The molecule has 148 valence electrons. The van der Waals surface area contributed by atoms with Crippen molar-refractivity contribution < 1.29 is 4.79 Å². The number of aryl methyl sites for hydroxylation is 1. The summed E-state index contributed by atoms with van der Waals surface area (Å²) in [5, 5.41) is 3.21. The highest BCUT2D eigenvalue weighted by molar-refractivity contribution is 7.20. The SMILES string of the molecule is C#CCNC(=O)c1sc2nc3n(c(=O)c2c1C)CCN(Cc1ccccc1)CC3. The van der Waals surface area contributed by atoms with E-state index in [2.05, 4.69) is 28.3 Å². The lowest BCUT2D eigenvalue weighted by molar-refractivity contribution is 0.0962. The minimum Gasteiger partial charge on any atom is -0.340 e. The first-order valence-electron chi connectivity index (χ1n) is 9.59. The van der Waals surface area contributed by atoms with Gasteiger partial charge in [-0.05, 0) is 18.1 Å². The number of carbonyl (C=O) groups is 1. The molecule has 6 nitrogen and oxygen atoms in total. The van der Waals surface area contributed by atoms with E-state index in [9.17, 15) is 9.59 Å². The minimum atomic E-state index is -0.253. The van der Waals surface area contributed by atoms with Gasteiger partial charge < -0.3 is 5.32 Å². The molecule has 0 aliphatic carbocycles. The molecule has 0 saturated carbocycles. The fraction of sp³-hybridized carbons (Fsp3) is 0.318. The third kappa shape index (κ3) is 3.82. The maximum absolute atomic E-state index is 13.2. The molecular weight excluding hydrogens is 384 g/mol. The molecule has 0 unspecified atom stereocenters. The molecule has 0 atom stereocenters. The zero-order valence-corrected chi connectivity index (χ0v) is 17.1. The Morgan fingerprint density at radius 2 is 2.07 bits per heavy atom. The number of aromatic nitrogens is 2. The fourth-order valence-electron chi connectivity index (χ4n) is 3.72. The summed E-state index contributed by atoms with van der Waals surface area (Å²) in [6.07, 6.45) is 5.92. The molecule has 0 fully saturated rings. The summed E-state index contributed by atoms with van der Waals surface area (Å²) in [6.45, 7) is 5.04. The Labute approximate surface area is 173 Å². The van der Waals surface area contributed by atoms with Crippen LogP contribution in [0.25, 0.3) is 10.2 Å². The molecule has 2 aromatic heterocycles. The Bertz CT molecular complexity index is 1160. The van der Waals surface area contributed by atoms with Crippen molar-refractivity contribution in [2.45, 2.75) is 26.4 Å². The second-order valence-corrected chi connectivity index (χ2v) is 8.12. The van der Waals surface area contributed by atoms with Gasteiger partial charge in [0, 0.05) is 32.6 Å². The number of rotatable bonds is 4. The number of nitrogens with one attached hydrogen (secondary N) is 1. The molecule has 0 spiro atoms. The monoisotopic (exact) mass is 406 g/mol. The summed E-state index contributed by atoms with van der Waals surface area (Å²) in [7, 11) is 0. The standard InChI is InChI=1S/C22H22N4O2S/c1-3-10-23-20(27)19-15(2)18-21(29-19)24-17-9-11-25(12-13-26(17)22(18)28)14-16-7-5-4-6-8-16/h1,4-8H,9-14H2,2H3,(H,23,27). The van der Waals surface area contributed by atoms with Gasteiger partial charge in [-0.15, -0.1) is 17.8 Å². The van der Waals surface area contributed by atoms with Crippen LogP contribution in [0.1, 0.15) is 26.6 Å². The van der Waals surface area contributed by atoms with Gasteiger partial charge in [0.05, 0.1) is 16.8 Å². The summed E-state index contributed by atoms with van der Waals surface area (Å²) in [5.74, 6) is 2.93. The third-order valence-corrected chi connectivity index (χ3v) is 6.41. The number of benzene rings is 1. The highest BCUT2D eigenvalue weighted by Crippen LogP contribution is 2.27. The van der Waals surface area contributed by atoms with Crippen LogP contribution in [0.15, 0.2) is 35.1 Å². The Morgan fingerprint density at radius 1 is 1.28 bits per heavy atom. The normalized spacial score (nSPS) is 14.2. The summed E-state index contributed by atoms with van der Waals surface area (Å²) in [4.78, 5) is 33.8. The zero-order valence-electron chi connectivity index (χ0n) is 16.3. The molecule has 3 heterocycles. The van der Waals surface area contributed by atoms with Gasteiger partial charge in [0.25, 0.3) is 11.5 Å². The molecule has 1 aliphatic rings. The van der Waals surface area contributed by atoms with E-state index in [-0.39, 0.29) is 18.0 Å². The second-order valence-electron chi connectivity index (χ2n) is 7.12. The average molecular weight is 407 g/mol. The van der Waals surface area contributed by atoms with Gasteiger partial charge in [0.2, 0.25) is 0 Å². The molecule has 1 amide bonds. The molecule has 4 rings (SSSR count). The van der Waals surface area contributed by atoms with Crippen molar-refractivity contribution in [1.29, 1.82) is 0 Å². The van der Waals surface area contributed by atoms with Crippen LogP contribution in [0.5, 0.6) is 0 Å². The number of terminal acetylenes is 1. The summed E-state index contributed by atoms with van der Waals surface area (Å²) in [6, 6.07) is 10.3. The van der Waals surface area contributed by atoms with Gasteiger partial charge in [-0.25, -0.2) is 4.98 Å². The van der Waals surface area contributed by atoms with Crippen molar-refractivity contribution in [2.75, 3.05) is 19.6 Å².